The van der Waals surface area contributed by atoms with E-state index in [0.29, 0.717) is 5.92 Å². The average molecular weight is 298 g/mol. The fourth-order valence-electron chi connectivity index (χ4n) is 4.35. The lowest BCUT2D eigenvalue weighted by molar-refractivity contribution is 0.231. The molecule has 0 radical (unpaired) electrons. The monoisotopic (exact) mass is 298 g/mol. The Hall–Kier alpha value is -1.42. The molecule has 2 fully saturated rings. The molecule has 2 aromatic rings. The molecule has 22 heavy (non-hydrogen) atoms. The molecule has 0 bridgehead atoms. The standard InChI is InChI=1S/C18H26N4/c1-21-17(20-16-8-5-10-19-18(16)21)15-9-11-22(13-15)12-14-6-3-2-4-7-14/h5,8,10,14-15H,2-4,6-7,9,11-13H2,1H3. The summed E-state index contributed by atoms with van der Waals surface area (Å²) in [5, 5.41) is 0. The minimum atomic E-state index is 0.572. The van der Waals surface area contributed by atoms with Gasteiger partial charge in [-0.3, -0.25) is 0 Å². The quantitative estimate of drug-likeness (QED) is 0.871. The normalized spacial score (nSPS) is 24.3. The molecule has 0 N–H and O–H groups in total. The zero-order valence-electron chi connectivity index (χ0n) is 13.5. The lowest BCUT2D eigenvalue weighted by atomic mass is 9.89. The lowest BCUT2D eigenvalue weighted by Crippen LogP contribution is -2.28. The SMILES string of the molecule is Cn1c(C2CCN(CC3CCCCC3)C2)nc2cccnc21. The summed E-state index contributed by atoms with van der Waals surface area (Å²) in [6.45, 7) is 3.71. The van der Waals surface area contributed by atoms with Gasteiger partial charge in [-0.1, -0.05) is 19.3 Å². The van der Waals surface area contributed by atoms with E-state index in [1.807, 2.05) is 12.3 Å². The van der Waals surface area contributed by atoms with E-state index in [1.54, 1.807) is 0 Å². The highest BCUT2D eigenvalue weighted by Gasteiger charge is 2.29. The summed E-state index contributed by atoms with van der Waals surface area (Å²) >= 11 is 0. The number of aryl methyl sites for hydroxylation is 1. The highest BCUT2D eigenvalue weighted by molar-refractivity contribution is 5.71. The fourth-order valence-corrected chi connectivity index (χ4v) is 4.35. The van der Waals surface area contributed by atoms with E-state index >= 15 is 0 Å². The zero-order chi connectivity index (χ0) is 14.9. The molecular weight excluding hydrogens is 272 g/mol. The van der Waals surface area contributed by atoms with Crippen molar-refractivity contribution in [3.63, 3.8) is 0 Å². The third-order valence-electron chi connectivity index (χ3n) is 5.54. The maximum atomic E-state index is 4.85. The van der Waals surface area contributed by atoms with Crippen molar-refractivity contribution in [2.24, 2.45) is 13.0 Å². The first kappa shape index (κ1) is 14.2. The van der Waals surface area contributed by atoms with Gasteiger partial charge in [0.05, 0.1) is 0 Å². The van der Waals surface area contributed by atoms with Crippen LogP contribution in [-0.2, 0) is 7.05 Å². The Morgan fingerprint density at radius 3 is 2.86 bits per heavy atom. The van der Waals surface area contributed by atoms with Gasteiger partial charge < -0.3 is 9.47 Å². The number of pyridine rings is 1. The minimum Gasteiger partial charge on any atom is -0.316 e. The first-order chi connectivity index (χ1) is 10.8. The van der Waals surface area contributed by atoms with Crippen LogP contribution < -0.4 is 0 Å². The van der Waals surface area contributed by atoms with Crippen molar-refractivity contribution < 1.29 is 0 Å². The number of likely N-dealkylation sites (tertiary alicyclic amines) is 1. The third-order valence-corrected chi connectivity index (χ3v) is 5.54. The van der Waals surface area contributed by atoms with Crippen LogP contribution in [0.15, 0.2) is 18.3 Å². The van der Waals surface area contributed by atoms with E-state index in [0.717, 1.165) is 17.1 Å². The van der Waals surface area contributed by atoms with E-state index in [-0.39, 0.29) is 0 Å². The molecule has 2 aliphatic rings. The number of nitrogens with zero attached hydrogens (tertiary/aromatic N) is 4. The van der Waals surface area contributed by atoms with E-state index in [4.69, 9.17) is 4.98 Å². The highest BCUT2D eigenvalue weighted by atomic mass is 15.2. The predicted octanol–water partition coefficient (Wildman–Crippen LogP) is 3.34. The van der Waals surface area contributed by atoms with E-state index in [2.05, 4.69) is 27.6 Å². The molecular formula is C18H26N4. The molecule has 0 spiro atoms. The summed E-state index contributed by atoms with van der Waals surface area (Å²) in [7, 11) is 2.11. The van der Waals surface area contributed by atoms with Crippen molar-refractivity contribution in [3.05, 3.63) is 24.2 Å². The van der Waals surface area contributed by atoms with Crippen molar-refractivity contribution in [3.8, 4) is 0 Å². The van der Waals surface area contributed by atoms with Gasteiger partial charge in [-0.2, -0.15) is 0 Å². The van der Waals surface area contributed by atoms with Crippen LogP contribution in [-0.4, -0.2) is 39.1 Å². The summed E-state index contributed by atoms with van der Waals surface area (Å²) in [4.78, 5) is 12.0. The molecule has 3 heterocycles. The number of aromatic nitrogens is 3. The number of imidazole rings is 1. The van der Waals surface area contributed by atoms with Crippen LogP contribution in [0.5, 0.6) is 0 Å². The molecule has 2 aromatic heterocycles. The maximum Gasteiger partial charge on any atom is 0.159 e. The summed E-state index contributed by atoms with van der Waals surface area (Å²) < 4.78 is 2.20. The molecule has 4 heteroatoms. The van der Waals surface area contributed by atoms with Crippen molar-refractivity contribution in [2.45, 2.75) is 44.4 Å². The van der Waals surface area contributed by atoms with Crippen molar-refractivity contribution in [2.75, 3.05) is 19.6 Å². The number of hydrogen-bond donors (Lipinski definition) is 0. The Morgan fingerprint density at radius 2 is 2.05 bits per heavy atom. The Labute approximate surface area is 132 Å². The molecule has 1 aliphatic heterocycles. The topological polar surface area (TPSA) is 34.0 Å². The molecule has 1 aliphatic carbocycles. The van der Waals surface area contributed by atoms with Gasteiger partial charge in [0.15, 0.2) is 5.65 Å². The highest BCUT2D eigenvalue weighted by Crippen LogP contribution is 2.31. The first-order valence-electron chi connectivity index (χ1n) is 8.81. The van der Waals surface area contributed by atoms with E-state index < -0.39 is 0 Å². The Kier molecular flexibility index (Phi) is 3.87. The smallest absolute Gasteiger partial charge is 0.159 e. The molecule has 0 aromatic carbocycles. The van der Waals surface area contributed by atoms with Crippen LogP contribution in [0.4, 0.5) is 0 Å². The summed E-state index contributed by atoms with van der Waals surface area (Å²) in [5.74, 6) is 2.73. The molecule has 1 atom stereocenters. The van der Waals surface area contributed by atoms with Gasteiger partial charge in [0.1, 0.15) is 11.3 Å². The van der Waals surface area contributed by atoms with Crippen LogP contribution >= 0.6 is 0 Å². The first-order valence-corrected chi connectivity index (χ1v) is 8.81. The molecule has 1 saturated carbocycles. The van der Waals surface area contributed by atoms with Crippen LogP contribution in [0.1, 0.15) is 50.3 Å². The van der Waals surface area contributed by atoms with Gasteiger partial charge in [-0.25, -0.2) is 9.97 Å². The maximum absolute atomic E-state index is 4.85. The predicted molar refractivity (Wildman–Crippen MR) is 88.9 cm³/mol. The summed E-state index contributed by atoms with van der Waals surface area (Å²) in [6.07, 6.45) is 10.3. The third kappa shape index (κ3) is 2.65. The summed E-state index contributed by atoms with van der Waals surface area (Å²) in [5.41, 5.74) is 2.05. The van der Waals surface area contributed by atoms with E-state index in [9.17, 15) is 0 Å². The van der Waals surface area contributed by atoms with Crippen molar-refractivity contribution in [1.29, 1.82) is 0 Å². The van der Waals surface area contributed by atoms with Gasteiger partial charge in [0.2, 0.25) is 0 Å². The molecule has 118 valence electrons. The van der Waals surface area contributed by atoms with Gasteiger partial charge in [0.25, 0.3) is 0 Å². The van der Waals surface area contributed by atoms with Crippen LogP contribution in [0.2, 0.25) is 0 Å². The second-order valence-corrected chi connectivity index (χ2v) is 7.12. The van der Waals surface area contributed by atoms with Crippen LogP contribution in [0.25, 0.3) is 11.2 Å². The van der Waals surface area contributed by atoms with Crippen LogP contribution in [0.3, 0.4) is 0 Å². The van der Waals surface area contributed by atoms with Gasteiger partial charge in [0, 0.05) is 32.3 Å². The molecule has 4 rings (SSSR count). The molecule has 4 nitrogen and oxygen atoms in total. The Balaban J connectivity index is 1.46. The molecule has 1 unspecified atom stereocenters. The lowest BCUT2D eigenvalue weighted by Gasteiger charge is -2.26. The van der Waals surface area contributed by atoms with Gasteiger partial charge in [-0.15, -0.1) is 0 Å². The fraction of sp³-hybridized carbons (Fsp3) is 0.667. The second-order valence-electron chi connectivity index (χ2n) is 7.12. The molecule has 1 saturated heterocycles. The van der Waals surface area contributed by atoms with Gasteiger partial charge in [-0.05, 0) is 43.9 Å². The molecule has 0 amide bonds. The average Bonchev–Trinajstić information content (AvgIpc) is 3.14. The van der Waals surface area contributed by atoms with Crippen LogP contribution in [0, 0.1) is 5.92 Å². The number of fused-ring (bicyclic) bond motifs is 1. The zero-order valence-corrected chi connectivity index (χ0v) is 13.5. The van der Waals surface area contributed by atoms with Gasteiger partial charge >= 0.3 is 0 Å². The minimum absolute atomic E-state index is 0.572. The second kappa shape index (κ2) is 5.99. The van der Waals surface area contributed by atoms with Crippen molar-refractivity contribution in [1.82, 2.24) is 19.4 Å². The number of rotatable bonds is 3. The Bertz CT molecular complexity index is 642. The van der Waals surface area contributed by atoms with Crippen molar-refractivity contribution >= 4 is 11.2 Å². The Morgan fingerprint density at radius 1 is 1.18 bits per heavy atom. The number of hydrogen-bond acceptors (Lipinski definition) is 3. The largest absolute Gasteiger partial charge is 0.316 e. The summed E-state index contributed by atoms with van der Waals surface area (Å²) in [6, 6.07) is 4.05. The van der Waals surface area contributed by atoms with E-state index in [1.165, 1.54) is 64.0 Å².